The Morgan fingerprint density at radius 2 is 2.21 bits per heavy atom. The van der Waals surface area contributed by atoms with Gasteiger partial charge in [0.05, 0.1) is 17.9 Å². The summed E-state index contributed by atoms with van der Waals surface area (Å²) in [4.78, 5) is 27.3. The molecule has 0 bridgehead atoms. The molecule has 2 aromatic heterocycles. The molecule has 2 aromatic rings. The predicted molar refractivity (Wildman–Crippen MR) is 88.8 cm³/mol. The summed E-state index contributed by atoms with van der Waals surface area (Å²) in [5, 5.41) is 7.26. The second-order valence-corrected chi connectivity index (χ2v) is 6.31. The second-order valence-electron chi connectivity index (χ2n) is 6.31. The number of H-pyrrole nitrogens is 1. The van der Waals surface area contributed by atoms with Crippen molar-refractivity contribution in [3.05, 3.63) is 50.7 Å². The largest absolute Gasteiger partial charge is 0.369 e. The number of fused-ring (bicyclic) bond motifs is 1. The molecule has 2 atom stereocenters. The first-order valence-electron chi connectivity index (χ1n) is 8.05. The fourth-order valence-electron chi connectivity index (χ4n) is 3.15. The summed E-state index contributed by atoms with van der Waals surface area (Å²) in [7, 11) is 1.75. The first kappa shape index (κ1) is 16.4. The lowest BCUT2D eigenvalue weighted by atomic mass is 9.99. The van der Waals surface area contributed by atoms with Crippen LogP contribution in [0.15, 0.2) is 16.9 Å². The van der Waals surface area contributed by atoms with Gasteiger partial charge in [0.2, 0.25) is 0 Å². The summed E-state index contributed by atoms with van der Waals surface area (Å²) < 4.78 is 7.36. The highest BCUT2D eigenvalue weighted by Crippen LogP contribution is 2.31. The Kier molecular flexibility index (Phi) is 4.28. The number of amides is 1. The smallest absolute Gasteiger partial charge is 0.270 e. The molecule has 0 spiro atoms. The van der Waals surface area contributed by atoms with E-state index in [4.69, 9.17) is 4.74 Å². The first-order valence-corrected chi connectivity index (χ1v) is 8.05. The van der Waals surface area contributed by atoms with Gasteiger partial charge in [0.15, 0.2) is 0 Å². The number of carbonyl (C=O) groups excluding carboxylic acids is 1. The van der Waals surface area contributed by atoms with Crippen LogP contribution in [0.25, 0.3) is 0 Å². The Labute approximate surface area is 140 Å². The van der Waals surface area contributed by atoms with Crippen molar-refractivity contribution >= 4 is 5.91 Å². The lowest BCUT2D eigenvalue weighted by molar-refractivity contribution is -0.00710. The molecule has 1 aliphatic rings. The SMILES string of the molecule is Cc1ccc(CNC(=O)c2c3c(nn2C)[C@H](C)O[C@H](C)C3)c(=O)[nH]1. The van der Waals surface area contributed by atoms with Crippen LogP contribution in [0.2, 0.25) is 0 Å². The molecule has 7 heteroatoms. The van der Waals surface area contributed by atoms with E-state index in [9.17, 15) is 9.59 Å². The maximum atomic E-state index is 12.6. The van der Waals surface area contributed by atoms with Crippen molar-refractivity contribution in [3.63, 3.8) is 0 Å². The number of ether oxygens (including phenoxy) is 1. The van der Waals surface area contributed by atoms with Gasteiger partial charge in [-0.05, 0) is 26.8 Å². The van der Waals surface area contributed by atoms with Crippen molar-refractivity contribution in [1.29, 1.82) is 0 Å². The average molecular weight is 330 g/mol. The van der Waals surface area contributed by atoms with Crippen LogP contribution < -0.4 is 10.9 Å². The number of nitrogens with one attached hydrogen (secondary N) is 2. The van der Waals surface area contributed by atoms with Crippen LogP contribution in [0.5, 0.6) is 0 Å². The molecule has 0 saturated carbocycles. The van der Waals surface area contributed by atoms with Crippen molar-refractivity contribution in [2.45, 2.75) is 45.9 Å². The minimum absolute atomic E-state index is 0.0446. The van der Waals surface area contributed by atoms with E-state index in [0.29, 0.717) is 17.7 Å². The lowest BCUT2D eigenvalue weighted by Crippen LogP contribution is -2.30. The van der Waals surface area contributed by atoms with Crippen LogP contribution in [0.4, 0.5) is 0 Å². The van der Waals surface area contributed by atoms with Gasteiger partial charge in [0, 0.05) is 36.8 Å². The molecule has 24 heavy (non-hydrogen) atoms. The molecule has 3 heterocycles. The summed E-state index contributed by atoms with van der Waals surface area (Å²) in [6.07, 6.45) is 0.570. The third-order valence-corrected chi connectivity index (χ3v) is 4.28. The van der Waals surface area contributed by atoms with E-state index in [-0.39, 0.29) is 30.2 Å². The molecule has 0 unspecified atom stereocenters. The number of hydrogen-bond donors (Lipinski definition) is 2. The van der Waals surface area contributed by atoms with E-state index in [1.807, 2.05) is 26.8 Å². The highest BCUT2D eigenvalue weighted by molar-refractivity contribution is 5.94. The van der Waals surface area contributed by atoms with Crippen molar-refractivity contribution < 1.29 is 9.53 Å². The standard InChI is InChI=1S/C17H22N4O3/c1-9-5-6-12(16(22)19-9)8-18-17(23)15-13-7-10(2)24-11(3)14(13)20-21(15)4/h5-6,10-11H,7-8H2,1-4H3,(H,18,23)(H,19,22)/t10-,11+/m1/s1. The Bertz CT molecular complexity index is 837. The molecule has 3 rings (SSSR count). The first-order chi connectivity index (χ1) is 11.4. The number of aromatic amines is 1. The van der Waals surface area contributed by atoms with Crippen LogP contribution in [0, 0.1) is 6.92 Å². The molecule has 0 aromatic carbocycles. The highest BCUT2D eigenvalue weighted by Gasteiger charge is 2.31. The topological polar surface area (TPSA) is 89.0 Å². The maximum absolute atomic E-state index is 12.6. The van der Waals surface area contributed by atoms with Crippen LogP contribution in [-0.4, -0.2) is 26.8 Å². The van der Waals surface area contributed by atoms with Gasteiger partial charge in [0.1, 0.15) is 5.69 Å². The van der Waals surface area contributed by atoms with Gasteiger partial charge in [-0.1, -0.05) is 6.07 Å². The van der Waals surface area contributed by atoms with Crippen LogP contribution in [0.3, 0.4) is 0 Å². The normalized spacial score (nSPS) is 19.8. The fourth-order valence-corrected chi connectivity index (χ4v) is 3.15. The van der Waals surface area contributed by atoms with Gasteiger partial charge < -0.3 is 15.0 Å². The fraction of sp³-hybridized carbons (Fsp3) is 0.471. The Morgan fingerprint density at radius 1 is 1.46 bits per heavy atom. The van der Waals surface area contributed by atoms with Gasteiger partial charge in [0.25, 0.3) is 11.5 Å². The minimum Gasteiger partial charge on any atom is -0.369 e. The van der Waals surface area contributed by atoms with E-state index >= 15 is 0 Å². The summed E-state index contributed by atoms with van der Waals surface area (Å²) >= 11 is 0. The van der Waals surface area contributed by atoms with Crippen LogP contribution in [0.1, 0.15) is 53.0 Å². The zero-order valence-electron chi connectivity index (χ0n) is 14.3. The number of nitrogens with zero attached hydrogens (tertiary/aromatic N) is 2. The Morgan fingerprint density at radius 3 is 2.92 bits per heavy atom. The zero-order valence-corrected chi connectivity index (χ0v) is 14.3. The lowest BCUT2D eigenvalue weighted by Gasteiger charge is -2.24. The highest BCUT2D eigenvalue weighted by atomic mass is 16.5. The quantitative estimate of drug-likeness (QED) is 0.889. The van der Waals surface area contributed by atoms with Gasteiger partial charge in [-0.15, -0.1) is 0 Å². The summed E-state index contributed by atoms with van der Waals surface area (Å²) in [5.41, 5.74) is 3.41. The molecule has 2 N–H and O–H groups in total. The number of carbonyl (C=O) groups is 1. The number of hydrogen-bond acceptors (Lipinski definition) is 4. The van der Waals surface area contributed by atoms with E-state index in [1.165, 1.54) is 0 Å². The molecule has 128 valence electrons. The third-order valence-electron chi connectivity index (χ3n) is 4.28. The van der Waals surface area contributed by atoms with Gasteiger partial charge in [-0.3, -0.25) is 14.3 Å². The van der Waals surface area contributed by atoms with E-state index in [1.54, 1.807) is 17.8 Å². The monoisotopic (exact) mass is 330 g/mol. The summed E-state index contributed by atoms with van der Waals surface area (Å²) in [5.74, 6) is -0.229. The van der Waals surface area contributed by atoms with Crippen molar-refractivity contribution in [2.75, 3.05) is 0 Å². The van der Waals surface area contributed by atoms with E-state index in [0.717, 1.165) is 17.0 Å². The number of pyridine rings is 1. The Hall–Kier alpha value is -2.41. The third kappa shape index (κ3) is 2.99. The number of aromatic nitrogens is 3. The molecule has 0 fully saturated rings. The van der Waals surface area contributed by atoms with Crippen molar-refractivity contribution in [3.8, 4) is 0 Å². The van der Waals surface area contributed by atoms with E-state index < -0.39 is 0 Å². The molecule has 0 radical (unpaired) electrons. The molecule has 0 aliphatic carbocycles. The molecule has 1 amide bonds. The Balaban J connectivity index is 1.82. The molecule has 1 aliphatic heterocycles. The minimum atomic E-state index is -0.229. The summed E-state index contributed by atoms with van der Waals surface area (Å²) in [6.45, 7) is 5.92. The van der Waals surface area contributed by atoms with Crippen molar-refractivity contribution in [2.24, 2.45) is 7.05 Å². The van der Waals surface area contributed by atoms with Crippen molar-refractivity contribution in [1.82, 2.24) is 20.1 Å². The van der Waals surface area contributed by atoms with Crippen LogP contribution in [-0.2, 0) is 24.8 Å². The molecule has 0 saturated heterocycles. The summed E-state index contributed by atoms with van der Waals surface area (Å²) in [6, 6.07) is 3.54. The van der Waals surface area contributed by atoms with Gasteiger partial charge >= 0.3 is 0 Å². The molecular formula is C17H22N4O3. The van der Waals surface area contributed by atoms with Crippen LogP contribution >= 0.6 is 0 Å². The van der Waals surface area contributed by atoms with E-state index in [2.05, 4.69) is 15.4 Å². The molecular weight excluding hydrogens is 308 g/mol. The zero-order chi connectivity index (χ0) is 17.4. The predicted octanol–water partition coefficient (Wildman–Crippen LogP) is 1.37. The number of aryl methyl sites for hydroxylation is 2. The van der Waals surface area contributed by atoms with Gasteiger partial charge in [-0.2, -0.15) is 5.10 Å². The molecule has 7 nitrogen and oxygen atoms in total. The maximum Gasteiger partial charge on any atom is 0.270 e. The van der Waals surface area contributed by atoms with Gasteiger partial charge in [-0.25, -0.2) is 0 Å². The average Bonchev–Trinajstić information content (AvgIpc) is 2.82. The second kappa shape index (κ2) is 6.24. The number of rotatable bonds is 3.